The number of carbonyl (C=O) groups is 1. The number of rotatable bonds is 7. The van der Waals surface area contributed by atoms with E-state index in [1.165, 1.54) is 12.1 Å². The minimum atomic E-state index is -3.72. The summed E-state index contributed by atoms with van der Waals surface area (Å²) in [6.45, 7) is 1.83. The zero-order valence-electron chi connectivity index (χ0n) is 14.5. The summed E-state index contributed by atoms with van der Waals surface area (Å²) in [5.74, 6) is -0.206. The number of benzene rings is 2. The minimum absolute atomic E-state index is 0.0236. The van der Waals surface area contributed by atoms with Crippen LogP contribution in [0.5, 0.6) is 0 Å². The normalized spacial score (nSPS) is 11.6. The van der Waals surface area contributed by atoms with Gasteiger partial charge in [0.2, 0.25) is 15.9 Å². The Kier molecular flexibility index (Phi) is 5.52. The third-order valence-electron chi connectivity index (χ3n) is 3.77. The lowest BCUT2D eigenvalue weighted by molar-refractivity contribution is -0.116. The second-order valence-corrected chi connectivity index (χ2v) is 7.69. The van der Waals surface area contributed by atoms with Crippen LogP contribution in [0.4, 0.5) is 10.1 Å². The lowest BCUT2D eigenvalue weighted by Crippen LogP contribution is -2.25. The van der Waals surface area contributed by atoms with Gasteiger partial charge in [0.15, 0.2) is 11.5 Å². The van der Waals surface area contributed by atoms with Crippen molar-refractivity contribution in [3.05, 3.63) is 54.2 Å². The number of aromatic nitrogens is 1. The molecule has 1 aromatic heterocycles. The Balaban J connectivity index is 1.48. The quantitative estimate of drug-likeness (QED) is 0.603. The number of amides is 1. The highest BCUT2D eigenvalue weighted by atomic mass is 32.2. The molecule has 0 radical (unpaired) electrons. The molecular formula is C18H18FN3O4S. The molecule has 0 fully saturated rings. The van der Waals surface area contributed by atoms with Gasteiger partial charge in [-0.25, -0.2) is 22.5 Å². The smallest absolute Gasteiger partial charge is 0.240 e. The molecule has 0 saturated heterocycles. The van der Waals surface area contributed by atoms with Gasteiger partial charge in [-0.1, -0.05) is 0 Å². The van der Waals surface area contributed by atoms with E-state index in [2.05, 4.69) is 15.0 Å². The molecule has 3 rings (SSSR count). The Hall–Kier alpha value is -2.78. The van der Waals surface area contributed by atoms with Crippen LogP contribution in [0.25, 0.3) is 11.1 Å². The van der Waals surface area contributed by atoms with Gasteiger partial charge >= 0.3 is 0 Å². The summed E-state index contributed by atoms with van der Waals surface area (Å²) in [5, 5.41) is 2.74. The van der Waals surface area contributed by atoms with E-state index in [1.807, 2.05) is 0 Å². The Labute approximate surface area is 155 Å². The van der Waals surface area contributed by atoms with E-state index in [-0.39, 0.29) is 23.8 Å². The summed E-state index contributed by atoms with van der Waals surface area (Å²) in [4.78, 5) is 16.2. The third kappa shape index (κ3) is 4.89. The van der Waals surface area contributed by atoms with Crippen molar-refractivity contribution in [3.8, 4) is 0 Å². The van der Waals surface area contributed by atoms with Gasteiger partial charge in [0, 0.05) is 25.6 Å². The first-order valence-electron chi connectivity index (χ1n) is 8.26. The number of nitrogens with one attached hydrogen (secondary N) is 2. The van der Waals surface area contributed by atoms with E-state index < -0.39 is 15.8 Å². The summed E-state index contributed by atoms with van der Waals surface area (Å²) >= 11 is 0. The van der Waals surface area contributed by atoms with Crippen LogP contribution in [-0.4, -0.2) is 25.9 Å². The second-order valence-electron chi connectivity index (χ2n) is 5.92. The number of anilines is 1. The first-order valence-corrected chi connectivity index (χ1v) is 9.74. The Morgan fingerprint density at radius 1 is 1.19 bits per heavy atom. The second kappa shape index (κ2) is 7.85. The first kappa shape index (κ1) is 19.0. The molecular weight excluding hydrogens is 373 g/mol. The topological polar surface area (TPSA) is 101 Å². The zero-order valence-corrected chi connectivity index (χ0v) is 15.3. The van der Waals surface area contributed by atoms with E-state index in [0.717, 1.165) is 12.1 Å². The molecule has 0 bridgehead atoms. The molecule has 0 aliphatic carbocycles. The van der Waals surface area contributed by atoms with Crippen molar-refractivity contribution in [3.63, 3.8) is 0 Å². The number of fused-ring (bicyclic) bond motifs is 1. The Morgan fingerprint density at radius 2 is 1.93 bits per heavy atom. The fourth-order valence-corrected chi connectivity index (χ4v) is 3.57. The predicted octanol–water partition coefficient (Wildman–Crippen LogP) is 2.97. The molecule has 27 heavy (non-hydrogen) atoms. The van der Waals surface area contributed by atoms with Crippen molar-refractivity contribution in [2.45, 2.75) is 24.7 Å². The first-order chi connectivity index (χ1) is 12.8. The van der Waals surface area contributed by atoms with Gasteiger partial charge in [-0.15, -0.1) is 0 Å². The minimum Gasteiger partial charge on any atom is -0.441 e. The van der Waals surface area contributed by atoms with Crippen LogP contribution in [0.1, 0.15) is 18.7 Å². The van der Waals surface area contributed by atoms with E-state index in [9.17, 15) is 17.6 Å². The molecule has 7 nitrogen and oxygen atoms in total. The fraction of sp³-hybridized carbons (Fsp3) is 0.222. The zero-order chi connectivity index (χ0) is 19.4. The monoisotopic (exact) mass is 391 g/mol. The van der Waals surface area contributed by atoms with Gasteiger partial charge in [0.05, 0.1) is 4.90 Å². The largest absolute Gasteiger partial charge is 0.441 e. The molecule has 0 aliphatic rings. The average Bonchev–Trinajstić information content (AvgIpc) is 2.98. The average molecular weight is 391 g/mol. The molecule has 3 aromatic rings. The predicted molar refractivity (Wildman–Crippen MR) is 98.2 cm³/mol. The van der Waals surface area contributed by atoms with Crippen LogP contribution in [-0.2, 0) is 14.8 Å². The van der Waals surface area contributed by atoms with Crippen molar-refractivity contribution in [1.29, 1.82) is 0 Å². The number of halogens is 1. The number of nitrogens with zero attached hydrogens (tertiary/aromatic N) is 1. The van der Waals surface area contributed by atoms with Crippen molar-refractivity contribution in [2.75, 3.05) is 11.9 Å². The molecule has 0 saturated carbocycles. The highest BCUT2D eigenvalue weighted by Gasteiger charge is 2.13. The summed E-state index contributed by atoms with van der Waals surface area (Å²) in [7, 11) is -3.72. The number of hydrogen-bond donors (Lipinski definition) is 2. The van der Waals surface area contributed by atoms with Gasteiger partial charge in [0.1, 0.15) is 11.3 Å². The maximum Gasteiger partial charge on any atom is 0.240 e. The lowest BCUT2D eigenvalue weighted by Gasteiger charge is -2.07. The molecule has 0 unspecified atom stereocenters. The highest BCUT2D eigenvalue weighted by molar-refractivity contribution is 7.89. The van der Waals surface area contributed by atoms with Gasteiger partial charge in [-0.05, 0) is 48.9 Å². The van der Waals surface area contributed by atoms with Crippen molar-refractivity contribution >= 4 is 32.7 Å². The Morgan fingerprint density at radius 3 is 2.67 bits per heavy atom. The third-order valence-corrected chi connectivity index (χ3v) is 5.25. The van der Waals surface area contributed by atoms with Gasteiger partial charge in [-0.3, -0.25) is 4.79 Å². The number of carbonyl (C=O) groups excluding carboxylic acids is 1. The van der Waals surface area contributed by atoms with Crippen LogP contribution in [0.15, 0.2) is 51.8 Å². The van der Waals surface area contributed by atoms with Crippen LogP contribution >= 0.6 is 0 Å². The highest BCUT2D eigenvalue weighted by Crippen LogP contribution is 2.19. The van der Waals surface area contributed by atoms with E-state index in [1.54, 1.807) is 25.1 Å². The number of oxazole rings is 1. The molecule has 1 amide bonds. The number of sulfonamides is 1. The molecule has 2 aromatic carbocycles. The maximum absolute atomic E-state index is 12.9. The van der Waals surface area contributed by atoms with Gasteiger partial charge in [0.25, 0.3) is 0 Å². The van der Waals surface area contributed by atoms with Crippen molar-refractivity contribution in [2.24, 2.45) is 0 Å². The van der Waals surface area contributed by atoms with Gasteiger partial charge in [-0.2, -0.15) is 0 Å². The summed E-state index contributed by atoms with van der Waals surface area (Å²) in [5.41, 5.74) is 1.88. The van der Waals surface area contributed by atoms with Crippen LogP contribution in [0, 0.1) is 12.7 Å². The number of aryl methyl sites for hydroxylation is 1. The SMILES string of the molecule is Cc1nc2cc(NC(=O)CCCNS(=O)(=O)c3ccc(F)cc3)ccc2o1. The summed E-state index contributed by atoms with van der Waals surface area (Å²) in [6.07, 6.45) is 0.458. The van der Waals surface area contributed by atoms with Crippen LogP contribution < -0.4 is 10.0 Å². The van der Waals surface area contributed by atoms with Crippen molar-refractivity contribution < 1.29 is 22.0 Å². The molecule has 142 valence electrons. The van der Waals surface area contributed by atoms with Gasteiger partial charge < -0.3 is 9.73 Å². The van der Waals surface area contributed by atoms with E-state index in [0.29, 0.717) is 29.1 Å². The van der Waals surface area contributed by atoms with Crippen LogP contribution in [0.3, 0.4) is 0 Å². The molecule has 0 spiro atoms. The molecule has 9 heteroatoms. The van der Waals surface area contributed by atoms with E-state index >= 15 is 0 Å². The summed E-state index contributed by atoms with van der Waals surface area (Å²) < 4.78 is 44.7. The molecule has 0 atom stereocenters. The molecule has 0 aliphatic heterocycles. The standard InChI is InChI=1S/C18H18FN3O4S/c1-12-21-16-11-14(6-9-17(16)26-12)22-18(23)3-2-10-20-27(24,25)15-7-4-13(19)5-8-15/h4-9,11,20H,2-3,10H2,1H3,(H,22,23). The maximum atomic E-state index is 12.9. The number of hydrogen-bond acceptors (Lipinski definition) is 5. The molecule has 1 heterocycles. The fourth-order valence-electron chi connectivity index (χ4n) is 2.50. The molecule has 2 N–H and O–H groups in total. The van der Waals surface area contributed by atoms with Crippen molar-refractivity contribution in [1.82, 2.24) is 9.71 Å². The lowest BCUT2D eigenvalue weighted by atomic mass is 10.2. The van der Waals surface area contributed by atoms with E-state index in [4.69, 9.17) is 4.42 Å². The Bertz CT molecular complexity index is 1060. The van der Waals surface area contributed by atoms with Crippen LogP contribution in [0.2, 0.25) is 0 Å². The summed E-state index contributed by atoms with van der Waals surface area (Å²) in [6, 6.07) is 9.67.